The first-order chi connectivity index (χ1) is 13.2. The van der Waals surface area contributed by atoms with Gasteiger partial charge < -0.3 is 15.2 Å². The molecular formula is C17H20N4O6S. The monoisotopic (exact) mass is 408 g/mol. The van der Waals surface area contributed by atoms with Crippen LogP contribution in [0, 0.1) is 6.92 Å². The van der Waals surface area contributed by atoms with Crippen molar-refractivity contribution in [3.63, 3.8) is 0 Å². The summed E-state index contributed by atoms with van der Waals surface area (Å²) in [5, 5.41) is 15.9. The fourth-order valence-corrected chi connectivity index (χ4v) is 4.43. The molecule has 2 N–H and O–H groups in total. The number of hydrogen-bond donors (Lipinski definition) is 2. The molecule has 11 heteroatoms. The lowest BCUT2D eigenvalue weighted by atomic mass is 10.0. The first-order valence-electron chi connectivity index (χ1n) is 8.62. The number of β-lactam (4-membered cyclic amide) rings is 1. The van der Waals surface area contributed by atoms with E-state index in [9.17, 15) is 24.3 Å². The van der Waals surface area contributed by atoms with Crippen molar-refractivity contribution < 1.29 is 29.0 Å². The molecule has 3 heterocycles. The quantitative estimate of drug-likeness (QED) is 0.502. The highest BCUT2D eigenvalue weighted by Gasteiger charge is 2.54. The molecule has 150 valence electrons. The van der Waals surface area contributed by atoms with E-state index in [1.54, 1.807) is 17.8 Å². The summed E-state index contributed by atoms with van der Waals surface area (Å²) in [4.78, 5) is 49.0. The molecule has 28 heavy (non-hydrogen) atoms. The molecule has 0 unspecified atom stereocenters. The van der Waals surface area contributed by atoms with Crippen LogP contribution >= 0.6 is 11.8 Å². The number of carboxylic acid groups (broad SMARTS) is 1. The highest BCUT2D eigenvalue weighted by molar-refractivity contribution is 8.00. The van der Waals surface area contributed by atoms with Crippen LogP contribution < -0.4 is 5.32 Å². The fraction of sp³-hybridized carbons (Fsp3) is 0.471. The summed E-state index contributed by atoms with van der Waals surface area (Å²) < 4.78 is 6.52. The van der Waals surface area contributed by atoms with Gasteiger partial charge in [0.15, 0.2) is 0 Å². The van der Waals surface area contributed by atoms with Crippen LogP contribution in [-0.2, 0) is 25.7 Å². The number of esters is 1. The Morgan fingerprint density at radius 3 is 2.71 bits per heavy atom. The third kappa shape index (κ3) is 3.49. The Morgan fingerprint density at radius 2 is 2.14 bits per heavy atom. The van der Waals surface area contributed by atoms with Gasteiger partial charge in [-0.25, -0.2) is 4.79 Å². The molecule has 0 aliphatic carbocycles. The van der Waals surface area contributed by atoms with Crippen molar-refractivity contribution in [3.8, 4) is 0 Å². The largest absolute Gasteiger partial charge is 0.477 e. The van der Waals surface area contributed by atoms with E-state index >= 15 is 0 Å². The van der Waals surface area contributed by atoms with Gasteiger partial charge in [0, 0.05) is 31.0 Å². The average molecular weight is 408 g/mol. The summed E-state index contributed by atoms with van der Waals surface area (Å²) in [5.74, 6) is -2.47. The first kappa shape index (κ1) is 19.9. The summed E-state index contributed by atoms with van der Waals surface area (Å²) in [7, 11) is 0. The van der Waals surface area contributed by atoms with E-state index in [2.05, 4.69) is 10.4 Å². The van der Waals surface area contributed by atoms with Crippen molar-refractivity contribution in [1.82, 2.24) is 20.0 Å². The molecule has 2 aliphatic rings. The molecule has 2 amide bonds. The summed E-state index contributed by atoms with van der Waals surface area (Å²) in [6, 6.07) is -0.827. The Hall–Kier alpha value is -2.82. The van der Waals surface area contributed by atoms with E-state index in [1.807, 2.05) is 6.92 Å². The number of rotatable bonds is 6. The number of aliphatic carboxylic acids is 1. The second-order valence-electron chi connectivity index (χ2n) is 6.38. The van der Waals surface area contributed by atoms with Gasteiger partial charge in [0.05, 0.1) is 11.3 Å². The molecule has 0 spiro atoms. The number of aromatic nitrogens is 2. The molecule has 1 aromatic rings. The number of carbonyl (C=O) groups is 4. The predicted octanol–water partition coefficient (Wildman–Crippen LogP) is 0.127. The maximum atomic E-state index is 12.6. The first-order valence-corrected chi connectivity index (χ1v) is 9.67. The molecule has 2 aliphatic heterocycles. The van der Waals surface area contributed by atoms with Crippen LogP contribution in [0.25, 0.3) is 0 Å². The molecule has 0 bridgehead atoms. The number of nitrogens with one attached hydrogen (secondary N) is 1. The lowest BCUT2D eigenvalue weighted by Crippen LogP contribution is -2.70. The minimum atomic E-state index is -1.27. The molecule has 10 nitrogen and oxygen atoms in total. The normalized spacial score (nSPS) is 21.1. The van der Waals surface area contributed by atoms with Crippen LogP contribution in [0.1, 0.15) is 29.9 Å². The molecule has 0 radical (unpaired) electrons. The van der Waals surface area contributed by atoms with E-state index in [1.165, 1.54) is 18.7 Å². The second-order valence-corrected chi connectivity index (χ2v) is 7.49. The van der Waals surface area contributed by atoms with Gasteiger partial charge in [-0.1, -0.05) is 0 Å². The summed E-state index contributed by atoms with van der Waals surface area (Å²) >= 11 is 1.31. The number of carboxylic acids is 1. The van der Waals surface area contributed by atoms with E-state index in [-0.39, 0.29) is 18.1 Å². The third-order valence-corrected chi connectivity index (χ3v) is 5.84. The number of thioether (sulfide) groups is 1. The fourth-order valence-electron chi connectivity index (χ4n) is 3.10. The molecule has 1 aromatic heterocycles. The van der Waals surface area contributed by atoms with Crippen LogP contribution in [0.15, 0.2) is 17.5 Å². The zero-order valence-corrected chi connectivity index (χ0v) is 16.4. The molecule has 0 aromatic carbocycles. The topological polar surface area (TPSA) is 131 Å². The van der Waals surface area contributed by atoms with Crippen molar-refractivity contribution in [3.05, 3.63) is 28.7 Å². The highest BCUT2D eigenvalue weighted by atomic mass is 32.2. The van der Waals surface area contributed by atoms with Crippen molar-refractivity contribution in [2.24, 2.45) is 0 Å². The van der Waals surface area contributed by atoms with Gasteiger partial charge in [-0.3, -0.25) is 24.0 Å². The van der Waals surface area contributed by atoms with Crippen LogP contribution in [-0.4, -0.2) is 67.3 Å². The van der Waals surface area contributed by atoms with Gasteiger partial charge in [-0.15, -0.1) is 11.8 Å². The molecular weight excluding hydrogens is 388 g/mol. The number of fused-ring (bicyclic) bond motifs is 1. The smallest absolute Gasteiger partial charge is 0.352 e. The highest BCUT2D eigenvalue weighted by Crippen LogP contribution is 2.40. The van der Waals surface area contributed by atoms with E-state index < -0.39 is 35.2 Å². The molecule has 1 fully saturated rings. The van der Waals surface area contributed by atoms with Gasteiger partial charge in [-0.05, 0) is 13.8 Å². The van der Waals surface area contributed by atoms with Gasteiger partial charge in [0.2, 0.25) is 0 Å². The summed E-state index contributed by atoms with van der Waals surface area (Å²) in [5.41, 5.74) is 1.09. The van der Waals surface area contributed by atoms with E-state index in [0.717, 1.165) is 4.90 Å². The Morgan fingerprint density at radius 1 is 1.43 bits per heavy atom. The lowest BCUT2D eigenvalue weighted by Gasteiger charge is -2.49. The lowest BCUT2D eigenvalue weighted by molar-refractivity contribution is -0.149. The van der Waals surface area contributed by atoms with Gasteiger partial charge >= 0.3 is 11.9 Å². The van der Waals surface area contributed by atoms with Crippen molar-refractivity contribution in [1.29, 1.82) is 0 Å². The molecule has 0 saturated carbocycles. The minimum Gasteiger partial charge on any atom is -0.477 e. The number of hydrogen-bond acceptors (Lipinski definition) is 7. The number of nitrogens with zero attached hydrogens (tertiary/aromatic N) is 3. The average Bonchev–Trinajstić information content (AvgIpc) is 3.04. The Bertz CT molecular complexity index is 892. The van der Waals surface area contributed by atoms with E-state index in [4.69, 9.17) is 4.74 Å². The molecule has 3 rings (SSSR count). The predicted molar refractivity (Wildman–Crippen MR) is 98.3 cm³/mol. The summed E-state index contributed by atoms with van der Waals surface area (Å²) in [6.45, 7) is 5.25. The summed E-state index contributed by atoms with van der Waals surface area (Å²) in [6.07, 6.45) is 1.61. The third-order valence-electron chi connectivity index (χ3n) is 4.50. The SMILES string of the molecule is CCn1cc(C(=O)N[C@@H]2C(=O)N3C(C(=O)O)=C(COC(C)=O)CS[C@@H]23)c(C)n1. The molecule has 2 atom stereocenters. The number of ether oxygens (including phenoxy) is 1. The number of amides is 2. The van der Waals surface area contributed by atoms with Crippen LogP contribution in [0.3, 0.4) is 0 Å². The van der Waals surface area contributed by atoms with Gasteiger partial charge in [-0.2, -0.15) is 5.10 Å². The van der Waals surface area contributed by atoms with Crippen molar-refractivity contribution in [2.75, 3.05) is 12.4 Å². The van der Waals surface area contributed by atoms with Gasteiger partial charge in [0.25, 0.3) is 11.8 Å². The zero-order chi connectivity index (χ0) is 20.6. The van der Waals surface area contributed by atoms with Crippen molar-refractivity contribution >= 4 is 35.5 Å². The minimum absolute atomic E-state index is 0.185. The Kier molecular flexibility index (Phi) is 5.45. The van der Waals surface area contributed by atoms with Crippen molar-refractivity contribution in [2.45, 2.75) is 38.7 Å². The standard InChI is InChI=1S/C17H20N4O6S/c1-4-20-5-11(8(2)19-20)14(23)18-12-15(24)21-13(17(25)26)10(6-27-9(3)22)7-28-16(12)21/h5,12,16H,4,6-7H2,1-3H3,(H,18,23)(H,25,26)/t12-,16+/m1/s1. The second kappa shape index (κ2) is 7.66. The van der Waals surface area contributed by atoms with Gasteiger partial charge in [0.1, 0.15) is 23.7 Å². The Labute approximate surface area is 164 Å². The van der Waals surface area contributed by atoms with Crippen LogP contribution in [0.5, 0.6) is 0 Å². The van der Waals surface area contributed by atoms with Crippen LogP contribution in [0.2, 0.25) is 0 Å². The van der Waals surface area contributed by atoms with E-state index in [0.29, 0.717) is 23.4 Å². The maximum absolute atomic E-state index is 12.6. The molecule has 1 saturated heterocycles. The Balaban J connectivity index is 1.76. The zero-order valence-electron chi connectivity index (χ0n) is 15.6. The maximum Gasteiger partial charge on any atom is 0.352 e. The number of aryl methyl sites for hydroxylation is 2. The van der Waals surface area contributed by atoms with Crippen LogP contribution in [0.4, 0.5) is 0 Å². The number of carbonyl (C=O) groups excluding carboxylic acids is 3.